The van der Waals surface area contributed by atoms with Crippen LogP contribution >= 0.6 is 0 Å². The Kier molecular flexibility index (Phi) is 6.59. The number of carboxylic acids is 1. The summed E-state index contributed by atoms with van der Waals surface area (Å²) in [5, 5.41) is 21.5. The fourth-order valence-corrected chi connectivity index (χ4v) is 12.0. The lowest BCUT2D eigenvalue weighted by Gasteiger charge is -2.72. The molecule has 3 N–H and O–H groups in total. The monoisotopic (exact) mass is 552 g/mol. The van der Waals surface area contributed by atoms with E-state index in [4.69, 9.17) is 8.74 Å². The van der Waals surface area contributed by atoms with Crippen LogP contribution in [-0.2, 0) is 19.4 Å². The third-order valence-electron chi connectivity index (χ3n) is 13.8. The second-order valence-corrected chi connectivity index (χ2v) is 16.1. The molecule has 5 rings (SSSR count). The molecule has 5 aliphatic carbocycles. The molecule has 38 heavy (non-hydrogen) atoms. The predicted octanol–water partition coefficient (Wildman–Crippen LogP) is 5.89. The van der Waals surface area contributed by atoms with Crippen LogP contribution in [0.5, 0.6) is 0 Å². The molecule has 5 saturated carbocycles. The number of hydrogen-bond acceptors (Lipinski definition) is 5. The van der Waals surface area contributed by atoms with Crippen LogP contribution in [0.25, 0.3) is 0 Å². The minimum Gasteiger partial charge on any atom is -0.481 e. The van der Waals surface area contributed by atoms with E-state index in [0.717, 1.165) is 44.9 Å². The van der Waals surface area contributed by atoms with Crippen LogP contribution in [-0.4, -0.2) is 41.9 Å². The second-order valence-electron chi connectivity index (χ2n) is 15.0. The van der Waals surface area contributed by atoms with Gasteiger partial charge in [-0.25, -0.2) is 4.18 Å². The first-order valence-electron chi connectivity index (χ1n) is 14.6. The zero-order valence-electron chi connectivity index (χ0n) is 23.8. The minimum atomic E-state index is -4.60. The van der Waals surface area contributed by atoms with Gasteiger partial charge in [0.15, 0.2) is 0 Å². The van der Waals surface area contributed by atoms with Gasteiger partial charge in [0, 0.05) is 0 Å². The summed E-state index contributed by atoms with van der Waals surface area (Å²) in [6.45, 7) is 15.7. The lowest BCUT2D eigenvalue weighted by molar-refractivity contribution is -0.248. The quantitative estimate of drug-likeness (QED) is 0.287. The molecule has 5 aliphatic rings. The van der Waals surface area contributed by atoms with Crippen molar-refractivity contribution in [2.75, 3.05) is 6.61 Å². The summed E-state index contributed by atoms with van der Waals surface area (Å²) in [4.78, 5) is 12.9. The smallest absolute Gasteiger partial charge is 0.397 e. The van der Waals surface area contributed by atoms with Gasteiger partial charge in [-0.1, -0.05) is 41.2 Å². The third kappa shape index (κ3) is 3.75. The summed E-state index contributed by atoms with van der Waals surface area (Å²) in [7, 11) is -4.60. The molecule has 5 unspecified atom stereocenters. The summed E-state index contributed by atoms with van der Waals surface area (Å²) in [5.41, 5.74) is -0.196. The Morgan fingerprint density at radius 1 is 0.895 bits per heavy atom. The molecule has 0 aliphatic heterocycles. The SMILES string of the molecule is C=C(COS(=O)(=O)O)C1CC[C@]2(C(=O)O)CC[C@]3(C)C(CCC4[C@@]5(C)CC[C@H](O)C(C)(C)C5CC[C@]43C)C12. The number of fused-ring (bicyclic) bond motifs is 7. The van der Waals surface area contributed by atoms with Crippen LogP contribution in [0.15, 0.2) is 12.2 Å². The van der Waals surface area contributed by atoms with E-state index in [1.54, 1.807) is 0 Å². The molecule has 0 aromatic rings. The van der Waals surface area contributed by atoms with Crippen molar-refractivity contribution in [1.82, 2.24) is 0 Å². The zero-order valence-corrected chi connectivity index (χ0v) is 24.6. The Labute approximate surface area is 228 Å². The van der Waals surface area contributed by atoms with Crippen LogP contribution in [0.1, 0.15) is 98.8 Å². The van der Waals surface area contributed by atoms with Gasteiger partial charge in [0.25, 0.3) is 0 Å². The minimum absolute atomic E-state index is 0.0412. The number of aliphatic carboxylic acids is 1. The summed E-state index contributed by atoms with van der Waals surface area (Å²) >= 11 is 0. The molecule has 0 radical (unpaired) electrons. The first-order valence-corrected chi connectivity index (χ1v) is 16.0. The van der Waals surface area contributed by atoms with Gasteiger partial charge in [0.05, 0.1) is 18.1 Å². The van der Waals surface area contributed by atoms with Crippen LogP contribution in [0, 0.1) is 56.7 Å². The number of aliphatic hydroxyl groups excluding tert-OH is 1. The molecular weight excluding hydrogens is 504 g/mol. The largest absolute Gasteiger partial charge is 0.481 e. The van der Waals surface area contributed by atoms with E-state index in [9.17, 15) is 23.4 Å². The average Bonchev–Trinajstić information content (AvgIpc) is 3.21. The average molecular weight is 553 g/mol. The molecule has 8 heteroatoms. The van der Waals surface area contributed by atoms with Crippen LogP contribution < -0.4 is 0 Å². The molecule has 0 heterocycles. The fraction of sp³-hybridized carbons (Fsp3) is 0.900. The van der Waals surface area contributed by atoms with Gasteiger partial charge >= 0.3 is 16.4 Å². The van der Waals surface area contributed by atoms with Gasteiger partial charge in [-0.3, -0.25) is 9.35 Å². The van der Waals surface area contributed by atoms with Gasteiger partial charge in [0.1, 0.15) is 0 Å². The molecule has 0 bridgehead atoms. The molecule has 0 aromatic heterocycles. The van der Waals surface area contributed by atoms with Gasteiger partial charge in [-0.05, 0) is 121 Å². The number of rotatable bonds is 5. The molecule has 0 amide bonds. The van der Waals surface area contributed by atoms with E-state index >= 15 is 0 Å². The van der Waals surface area contributed by atoms with Crippen molar-refractivity contribution in [3.8, 4) is 0 Å². The molecule has 0 spiro atoms. The highest BCUT2D eigenvalue weighted by molar-refractivity contribution is 7.80. The van der Waals surface area contributed by atoms with Gasteiger partial charge < -0.3 is 10.2 Å². The van der Waals surface area contributed by atoms with Crippen molar-refractivity contribution >= 4 is 16.4 Å². The number of hydrogen-bond donors (Lipinski definition) is 3. The van der Waals surface area contributed by atoms with Crippen molar-refractivity contribution in [3.05, 3.63) is 12.2 Å². The maximum atomic E-state index is 12.9. The summed E-state index contributed by atoms with van der Waals surface area (Å²) < 4.78 is 36.4. The fourth-order valence-electron chi connectivity index (χ4n) is 11.7. The molecule has 0 aromatic carbocycles. The van der Waals surface area contributed by atoms with E-state index < -0.39 is 21.8 Å². The van der Waals surface area contributed by atoms with Crippen LogP contribution in [0.2, 0.25) is 0 Å². The lowest BCUT2D eigenvalue weighted by Crippen LogP contribution is -2.67. The number of aliphatic hydroxyl groups is 1. The van der Waals surface area contributed by atoms with Crippen molar-refractivity contribution in [1.29, 1.82) is 0 Å². The maximum absolute atomic E-state index is 12.9. The second kappa shape index (κ2) is 8.77. The topological polar surface area (TPSA) is 121 Å². The van der Waals surface area contributed by atoms with Crippen molar-refractivity contribution < 1.29 is 32.2 Å². The predicted molar refractivity (Wildman–Crippen MR) is 144 cm³/mol. The molecule has 216 valence electrons. The van der Waals surface area contributed by atoms with Gasteiger partial charge in [-0.15, -0.1) is 0 Å². The van der Waals surface area contributed by atoms with E-state index in [2.05, 4.69) is 41.2 Å². The van der Waals surface area contributed by atoms with Crippen LogP contribution in [0.4, 0.5) is 0 Å². The van der Waals surface area contributed by atoms with E-state index in [1.165, 1.54) is 0 Å². The molecule has 0 saturated heterocycles. The van der Waals surface area contributed by atoms with E-state index in [1.807, 2.05) is 0 Å². The highest BCUT2D eigenvalue weighted by Gasteiger charge is 2.72. The van der Waals surface area contributed by atoms with E-state index in [-0.39, 0.29) is 52.1 Å². The zero-order chi connectivity index (χ0) is 28.1. The van der Waals surface area contributed by atoms with Crippen molar-refractivity contribution in [2.45, 2.75) is 105 Å². The first-order chi connectivity index (χ1) is 17.4. The highest BCUT2D eigenvalue weighted by atomic mass is 32.3. The summed E-state index contributed by atoms with van der Waals surface area (Å²) in [5.74, 6) is 0.185. The van der Waals surface area contributed by atoms with Gasteiger partial charge in [0.2, 0.25) is 0 Å². The molecule has 10 atom stereocenters. The molecule has 7 nitrogen and oxygen atoms in total. The standard InChI is InChI=1S/C30H48O7S/c1-18(17-37-38(34,35)36)19-9-14-30(25(32)33)16-15-28(5)20(24(19)30)7-8-22-27(4)12-11-23(31)26(2,3)21(27)10-13-29(22,28)6/h19-24,31H,1,7-17H2,2-6H3,(H,32,33)(H,34,35,36)/t19?,20?,21?,22?,23-,24?,27-,28+,29+,30-/m0/s1. The summed E-state index contributed by atoms with van der Waals surface area (Å²) in [6, 6.07) is 0. The Morgan fingerprint density at radius 3 is 2.21 bits per heavy atom. The van der Waals surface area contributed by atoms with Gasteiger partial charge in [-0.2, -0.15) is 8.42 Å². The van der Waals surface area contributed by atoms with Crippen molar-refractivity contribution in [3.63, 3.8) is 0 Å². The van der Waals surface area contributed by atoms with Crippen molar-refractivity contribution in [2.24, 2.45) is 56.7 Å². The van der Waals surface area contributed by atoms with E-state index in [0.29, 0.717) is 36.7 Å². The lowest BCUT2D eigenvalue weighted by atomic mass is 9.32. The Balaban J connectivity index is 1.52. The molecular formula is C30H48O7S. The van der Waals surface area contributed by atoms with Crippen LogP contribution in [0.3, 0.4) is 0 Å². The summed E-state index contributed by atoms with van der Waals surface area (Å²) in [6.07, 6.45) is 8.56. The Bertz CT molecular complexity index is 1120. The maximum Gasteiger partial charge on any atom is 0.397 e. The Morgan fingerprint density at radius 2 is 1.58 bits per heavy atom. The first kappa shape index (κ1) is 28.6. The Hall–Kier alpha value is -0.960. The normalized spacial score (nSPS) is 49.8. The third-order valence-corrected chi connectivity index (χ3v) is 14.2. The molecule has 5 fully saturated rings. The highest BCUT2D eigenvalue weighted by Crippen LogP contribution is 2.77. The number of carbonyl (C=O) groups is 1. The number of carboxylic acid groups (broad SMARTS) is 1.